The van der Waals surface area contributed by atoms with E-state index in [2.05, 4.69) is 10.1 Å². The van der Waals surface area contributed by atoms with Gasteiger partial charge < -0.3 is 10.1 Å². The molecule has 1 N–H and O–H groups in total. The van der Waals surface area contributed by atoms with Crippen molar-refractivity contribution in [3.8, 4) is 5.75 Å². The Morgan fingerprint density at radius 3 is 2.40 bits per heavy atom. The highest BCUT2D eigenvalue weighted by Crippen LogP contribution is 2.29. The van der Waals surface area contributed by atoms with Gasteiger partial charge in [-0.25, -0.2) is 8.42 Å². The van der Waals surface area contributed by atoms with E-state index in [0.717, 1.165) is 0 Å². The molecule has 0 spiro atoms. The predicted octanol–water partition coefficient (Wildman–Crippen LogP) is 4.20. The molecule has 9 heteroatoms. The highest BCUT2D eigenvalue weighted by molar-refractivity contribution is 7.89. The van der Waals surface area contributed by atoms with Gasteiger partial charge in [0.2, 0.25) is 10.0 Å². The van der Waals surface area contributed by atoms with E-state index in [1.54, 1.807) is 39.0 Å². The number of hydrogen-bond donors (Lipinski definition) is 1. The zero-order chi connectivity index (χ0) is 22.5. The Kier molecular flexibility index (Phi) is 7.91. The summed E-state index contributed by atoms with van der Waals surface area (Å²) in [6, 6.07) is 11.1. The summed E-state index contributed by atoms with van der Waals surface area (Å²) in [6.07, 6.45) is 0.420. The molecule has 0 aliphatic rings. The topological polar surface area (TPSA) is 75.7 Å². The van der Waals surface area contributed by atoms with Crippen LogP contribution in [0.5, 0.6) is 5.75 Å². The molecule has 1 amide bonds. The van der Waals surface area contributed by atoms with Crippen molar-refractivity contribution >= 4 is 15.9 Å². The van der Waals surface area contributed by atoms with Gasteiger partial charge in [-0.3, -0.25) is 4.79 Å². The van der Waals surface area contributed by atoms with E-state index < -0.39 is 28.6 Å². The molecule has 0 saturated heterocycles. The Balaban J connectivity index is 2.30. The number of hydrogen-bond acceptors (Lipinski definition) is 4. The maximum Gasteiger partial charge on any atom is 0.387 e. The van der Waals surface area contributed by atoms with Crippen LogP contribution in [0.3, 0.4) is 0 Å². The Bertz CT molecular complexity index is 980. The van der Waals surface area contributed by atoms with Crippen LogP contribution in [0.15, 0.2) is 53.4 Å². The van der Waals surface area contributed by atoms with Crippen LogP contribution in [0.1, 0.15) is 49.2 Å². The van der Waals surface area contributed by atoms with Crippen LogP contribution in [0.4, 0.5) is 8.78 Å². The number of alkyl halides is 2. The second-order valence-corrected chi connectivity index (χ2v) is 8.99. The summed E-state index contributed by atoms with van der Waals surface area (Å²) in [5.74, 6) is -0.535. The molecular formula is C21H26F2N2O4S. The molecule has 0 aromatic heterocycles. The molecule has 0 radical (unpaired) electrons. The lowest BCUT2D eigenvalue weighted by Gasteiger charge is -2.22. The summed E-state index contributed by atoms with van der Waals surface area (Å²) < 4.78 is 56.6. The molecule has 2 rings (SSSR count). The van der Waals surface area contributed by atoms with Crippen LogP contribution in [-0.4, -0.2) is 38.3 Å². The summed E-state index contributed by atoms with van der Waals surface area (Å²) in [6.45, 7) is 2.31. The number of para-hydroxylation sites is 1. The maximum absolute atomic E-state index is 12.8. The molecule has 1 atom stereocenters. The van der Waals surface area contributed by atoms with Crippen LogP contribution in [-0.2, 0) is 10.0 Å². The van der Waals surface area contributed by atoms with Crippen LogP contribution < -0.4 is 10.1 Å². The number of amides is 1. The van der Waals surface area contributed by atoms with Gasteiger partial charge in [-0.05, 0) is 44.5 Å². The molecule has 2 aromatic rings. The Labute approximate surface area is 175 Å². The number of ether oxygens (including phenoxy) is 1. The normalized spacial score (nSPS) is 13.0. The van der Waals surface area contributed by atoms with Crippen molar-refractivity contribution in [1.82, 2.24) is 9.62 Å². The zero-order valence-electron chi connectivity index (χ0n) is 17.3. The Morgan fingerprint density at radius 1 is 1.13 bits per heavy atom. The fourth-order valence-electron chi connectivity index (χ4n) is 2.85. The number of carbonyl (C=O) groups is 1. The van der Waals surface area contributed by atoms with E-state index in [9.17, 15) is 22.0 Å². The lowest BCUT2D eigenvalue weighted by atomic mass is 10.0. The van der Waals surface area contributed by atoms with Crippen LogP contribution in [0.2, 0.25) is 0 Å². The number of carbonyl (C=O) groups excluding carboxylic acids is 1. The molecule has 164 valence electrons. The van der Waals surface area contributed by atoms with Crippen molar-refractivity contribution in [2.45, 2.75) is 50.8 Å². The molecular weight excluding hydrogens is 414 g/mol. The van der Waals surface area contributed by atoms with Crippen molar-refractivity contribution in [3.63, 3.8) is 0 Å². The number of nitrogens with zero attached hydrogens (tertiary/aromatic N) is 1. The summed E-state index contributed by atoms with van der Waals surface area (Å²) in [5.41, 5.74) is 0.566. The van der Waals surface area contributed by atoms with E-state index in [0.29, 0.717) is 12.0 Å². The van der Waals surface area contributed by atoms with E-state index in [4.69, 9.17) is 0 Å². The number of halogens is 2. The summed E-state index contributed by atoms with van der Waals surface area (Å²) in [5, 5.41) is 2.77. The van der Waals surface area contributed by atoms with Gasteiger partial charge in [-0.2, -0.15) is 13.1 Å². The maximum atomic E-state index is 12.8. The van der Waals surface area contributed by atoms with E-state index in [1.165, 1.54) is 41.7 Å². The van der Waals surface area contributed by atoms with Gasteiger partial charge in [0.15, 0.2) is 0 Å². The van der Waals surface area contributed by atoms with E-state index >= 15 is 0 Å². The van der Waals surface area contributed by atoms with Crippen molar-refractivity contribution in [2.24, 2.45) is 0 Å². The summed E-state index contributed by atoms with van der Waals surface area (Å²) >= 11 is 0. The Hall–Kier alpha value is -2.52. The first-order chi connectivity index (χ1) is 14.1. The van der Waals surface area contributed by atoms with Gasteiger partial charge in [-0.15, -0.1) is 0 Å². The number of nitrogens with one attached hydrogen (secondary N) is 1. The molecule has 1 unspecified atom stereocenters. The molecule has 0 aliphatic heterocycles. The third kappa shape index (κ3) is 5.54. The molecule has 0 bridgehead atoms. The van der Waals surface area contributed by atoms with Gasteiger partial charge in [0.25, 0.3) is 5.91 Å². The number of benzene rings is 2. The SMILES string of the molecule is CCC(NC(=O)c1cccc(S(=O)(=O)N(C)C(C)C)c1)c1ccccc1OC(F)F. The molecule has 0 aliphatic carbocycles. The lowest BCUT2D eigenvalue weighted by Crippen LogP contribution is -2.33. The van der Waals surface area contributed by atoms with Crippen molar-refractivity contribution < 1.29 is 26.7 Å². The Morgan fingerprint density at radius 2 is 1.80 bits per heavy atom. The minimum Gasteiger partial charge on any atom is -0.434 e. The predicted molar refractivity (Wildman–Crippen MR) is 110 cm³/mol. The fourth-order valence-corrected chi connectivity index (χ4v) is 4.27. The smallest absolute Gasteiger partial charge is 0.387 e. The molecule has 0 heterocycles. The minimum absolute atomic E-state index is 0.000771. The lowest BCUT2D eigenvalue weighted by molar-refractivity contribution is -0.0506. The molecule has 2 aromatic carbocycles. The first-order valence-corrected chi connectivity index (χ1v) is 10.9. The largest absolute Gasteiger partial charge is 0.434 e. The van der Waals surface area contributed by atoms with Gasteiger partial charge in [0, 0.05) is 24.2 Å². The second kappa shape index (κ2) is 9.99. The van der Waals surface area contributed by atoms with E-state index in [-0.39, 0.29) is 22.3 Å². The summed E-state index contributed by atoms with van der Waals surface area (Å²) in [7, 11) is -2.28. The minimum atomic E-state index is -3.75. The standard InChI is InChI=1S/C21H26F2N2O4S/c1-5-18(17-11-6-7-12-19(17)29-21(22)23)24-20(26)15-9-8-10-16(13-15)30(27,28)25(4)14(2)3/h6-14,18,21H,5H2,1-4H3,(H,24,26). The molecule has 0 saturated carbocycles. The molecule has 0 fully saturated rings. The quantitative estimate of drug-likeness (QED) is 0.634. The van der Waals surface area contributed by atoms with Crippen LogP contribution in [0, 0.1) is 0 Å². The first kappa shape index (κ1) is 23.8. The second-order valence-electron chi connectivity index (χ2n) is 6.99. The van der Waals surface area contributed by atoms with Gasteiger partial charge in [-0.1, -0.05) is 31.2 Å². The van der Waals surface area contributed by atoms with Crippen LogP contribution >= 0.6 is 0 Å². The molecule has 30 heavy (non-hydrogen) atoms. The van der Waals surface area contributed by atoms with Crippen LogP contribution in [0.25, 0.3) is 0 Å². The summed E-state index contributed by atoms with van der Waals surface area (Å²) in [4.78, 5) is 12.8. The monoisotopic (exact) mass is 440 g/mol. The fraction of sp³-hybridized carbons (Fsp3) is 0.381. The first-order valence-electron chi connectivity index (χ1n) is 9.50. The highest BCUT2D eigenvalue weighted by atomic mass is 32.2. The van der Waals surface area contributed by atoms with Gasteiger partial charge >= 0.3 is 6.61 Å². The average molecular weight is 441 g/mol. The third-order valence-corrected chi connectivity index (χ3v) is 6.75. The number of sulfonamides is 1. The third-order valence-electron chi connectivity index (χ3n) is 4.72. The van der Waals surface area contributed by atoms with Gasteiger partial charge in [0.1, 0.15) is 5.75 Å². The average Bonchev–Trinajstić information content (AvgIpc) is 2.71. The zero-order valence-corrected chi connectivity index (χ0v) is 18.1. The molecule has 6 nitrogen and oxygen atoms in total. The van der Waals surface area contributed by atoms with Crippen molar-refractivity contribution in [3.05, 3.63) is 59.7 Å². The number of rotatable bonds is 9. The van der Waals surface area contributed by atoms with Gasteiger partial charge in [0.05, 0.1) is 10.9 Å². The van der Waals surface area contributed by atoms with Crippen molar-refractivity contribution in [2.75, 3.05) is 7.05 Å². The van der Waals surface area contributed by atoms with Crippen molar-refractivity contribution in [1.29, 1.82) is 0 Å². The highest BCUT2D eigenvalue weighted by Gasteiger charge is 2.25. The van der Waals surface area contributed by atoms with E-state index in [1.807, 2.05) is 0 Å².